The zero-order chi connectivity index (χ0) is 21.0. The van der Waals surface area contributed by atoms with Gasteiger partial charge in [-0.3, -0.25) is 14.0 Å². The van der Waals surface area contributed by atoms with Gasteiger partial charge in [-0.25, -0.2) is 4.98 Å². The zero-order valence-electron chi connectivity index (χ0n) is 15.4. The second-order valence-electron chi connectivity index (χ2n) is 6.11. The van der Waals surface area contributed by atoms with Gasteiger partial charge in [-0.1, -0.05) is 41.7 Å². The molecule has 0 radical (unpaired) electrons. The molecule has 3 rings (SSSR count). The maximum absolute atomic E-state index is 12.7. The van der Waals surface area contributed by atoms with Crippen molar-refractivity contribution in [3.8, 4) is 0 Å². The van der Waals surface area contributed by atoms with Crippen molar-refractivity contribution >= 4 is 74.7 Å². The first-order valence-corrected chi connectivity index (χ1v) is 10.7. The van der Waals surface area contributed by atoms with Crippen LogP contribution in [0.4, 0.5) is 5.69 Å². The first-order chi connectivity index (χ1) is 13.9. The van der Waals surface area contributed by atoms with Crippen LogP contribution in [0.5, 0.6) is 0 Å². The van der Waals surface area contributed by atoms with E-state index in [0.717, 1.165) is 4.96 Å². The molecule has 0 spiro atoms. The van der Waals surface area contributed by atoms with E-state index >= 15 is 0 Å². The third-order valence-corrected chi connectivity index (χ3v) is 5.57. The van der Waals surface area contributed by atoms with Crippen molar-refractivity contribution in [2.75, 3.05) is 18.4 Å². The Morgan fingerprint density at radius 2 is 2.10 bits per heavy atom. The first-order valence-electron chi connectivity index (χ1n) is 8.72. The molecule has 0 aliphatic rings. The predicted octanol–water partition coefficient (Wildman–Crippen LogP) is 5.25. The highest BCUT2D eigenvalue weighted by atomic mass is 35.5. The number of nitrogens with zero attached hydrogens (tertiary/aromatic N) is 3. The molecule has 0 unspecified atom stereocenters. The van der Waals surface area contributed by atoms with Crippen LogP contribution in [0.2, 0.25) is 15.2 Å². The Morgan fingerprint density at radius 1 is 1.31 bits per heavy atom. The van der Waals surface area contributed by atoms with Crippen molar-refractivity contribution in [2.45, 2.75) is 13.3 Å². The summed E-state index contributed by atoms with van der Waals surface area (Å²) in [5.41, 5.74) is 1.05. The summed E-state index contributed by atoms with van der Waals surface area (Å²) in [7, 11) is 0. The zero-order valence-corrected chi connectivity index (χ0v) is 18.4. The number of amides is 2. The molecule has 6 nitrogen and oxygen atoms in total. The van der Waals surface area contributed by atoms with Crippen molar-refractivity contribution in [1.29, 1.82) is 0 Å². The molecule has 0 saturated heterocycles. The summed E-state index contributed by atoms with van der Waals surface area (Å²) in [6.07, 6.45) is 5.53. The second-order valence-corrected chi connectivity index (χ2v) is 8.18. The maximum atomic E-state index is 12.7. The summed E-state index contributed by atoms with van der Waals surface area (Å²) in [5.74, 6) is -0.655. The summed E-state index contributed by atoms with van der Waals surface area (Å²) < 4.78 is 1.80. The Hall–Kier alpha value is -2.06. The monoisotopic (exact) mass is 470 g/mol. The van der Waals surface area contributed by atoms with Gasteiger partial charge in [-0.2, -0.15) is 0 Å². The fourth-order valence-corrected chi connectivity index (χ4v) is 4.13. The number of thiazole rings is 1. The number of rotatable bonds is 7. The fraction of sp³-hybridized carbons (Fsp3) is 0.211. The normalized spacial score (nSPS) is 11.3. The SMILES string of the molecule is CCCN(CC(=O)Nc1ccc(Cl)cc1Cl)C(=O)/C=C/c1c(Cl)nc2sccn12. The number of fused-ring (bicyclic) bond motifs is 1. The third-order valence-electron chi connectivity index (χ3n) is 3.98. The highest BCUT2D eigenvalue weighted by Crippen LogP contribution is 2.25. The molecule has 3 aromatic rings. The highest BCUT2D eigenvalue weighted by molar-refractivity contribution is 7.15. The Morgan fingerprint density at radius 3 is 2.83 bits per heavy atom. The van der Waals surface area contributed by atoms with Crippen molar-refractivity contribution < 1.29 is 9.59 Å². The van der Waals surface area contributed by atoms with Crippen LogP contribution in [0.15, 0.2) is 35.9 Å². The van der Waals surface area contributed by atoms with Crippen LogP contribution in [0.3, 0.4) is 0 Å². The molecule has 0 atom stereocenters. The van der Waals surface area contributed by atoms with E-state index in [1.54, 1.807) is 22.6 Å². The maximum Gasteiger partial charge on any atom is 0.247 e. The van der Waals surface area contributed by atoms with Gasteiger partial charge >= 0.3 is 0 Å². The van der Waals surface area contributed by atoms with Gasteiger partial charge in [0, 0.05) is 29.2 Å². The molecule has 2 aromatic heterocycles. The molecule has 29 heavy (non-hydrogen) atoms. The molecule has 2 heterocycles. The van der Waals surface area contributed by atoms with Gasteiger partial charge < -0.3 is 10.2 Å². The average molecular weight is 472 g/mol. The Bertz CT molecular complexity index is 1080. The lowest BCUT2D eigenvalue weighted by molar-refractivity contribution is -0.130. The molecular formula is C19H17Cl3N4O2S. The minimum absolute atomic E-state index is 0.107. The van der Waals surface area contributed by atoms with Crippen LogP contribution in [-0.4, -0.2) is 39.2 Å². The van der Waals surface area contributed by atoms with Gasteiger partial charge in [-0.15, -0.1) is 11.3 Å². The third kappa shape index (κ3) is 5.30. The summed E-state index contributed by atoms with van der Waals surface area (Å²) >= 11 is 19.5. The van der Waals surface area contributed by atoms with E-state index in [1.165, 1.54) is 28.4 Å². The van der Waals surface area contributed by atoms with E-state index in [-0.39, 0.29) is 18.4 Å². The van der Waals surface area contributed by atoms with E-state index < -0.39 is 0 Å². The van der Waals surface area contributed by atoms with E-state index in [9.17, 15) is 9.59 Å². The van der Waals surface area contributed by atoms with Crippen LogP contribution < -0.4 is 5.32 Å². The number of imidazole rings is 1. The number of anilines is 1. The molecule has 2 amide bonds. The molecule has 0 saturated carbocycles. The number of aromatic nitrogens is 2. The number of benzene rings is 1. The average Bonchev–Trinajstić information content (AvgIpc) is 3.22. The van der Waals surface area contributed by atoms with Crippen LogP contribution in [0, 0.1) is 0 Å². The fourth-order valence-electron chi connectivity index (χ4n) is 2.67. The van der Waals surface area contributed by atoms with Gasteiger partial charge in [0.1, 0.15) is 6.54 Å². The van der Waals surface area contributed by atoms with Crippen LogP contribution in [0.25, 0.3) is 11.0 Å². The molecule has 0 fully saturated rings. The summed E-state index contributed by atoms with van der Waals surface area (Å²) in [4.78, 5) is 31.5. The minimum Gasteiger partial charge on any atom is -0.330 e. The summed E-state index contributed by atoms with van der Waals surface area (Å²) in [6, 6.07) is 4.78. The summed E-state index contributed by atoms with van der Waals surface area (Å²) in [5, 5.41) is 5.70. The van der Waals surface area contributed by atoms with Crippen LogP contribution in [0.1, 0.15) is 19.0 Å². The number of halogens is 3. The van der Waals surface area contributed by atoms with E-state index in [2.05, 4.69) is 10.3 Å². The minimum atomic E-state index is -0.355. The topological polar surface area (TPSA) is 66.7 Å². The first kappa shape index (κ1) is 21.6. The van der Waals surface area contributed by atoms with Gasteiger partial charge in [0.25, 0.3) is 0 Å². The lowest BCUT2D eigenvalue weighted by atomic mass is 10.3. The molecule has 0 bridgehead atoms. The van der Waals surface area contributed by atoms with E-state index in [0.29, 0.717) is 39.5 Å². The van der Waals surface area contributed by atoms with Crippen molar-refractivity contribution in [2.24, 2.45) is 0 Å². The number of hydrogen-bond acceptors (Lipinski definition) is 4. The van der Waals surface area contributed by atoms with Crippen molar-refractivity contribution in [3.05, 3.63) is 56.7 Å². The van der Waals surface area contributed by atoms with Gasteiger partial charge in [0.2, 0.25) is 11.8 Å². The Labute approximate surface area is 186 Å². The molecular weight excluding hydrogens is 455 g/mol. The predicted molar refractivity (Wildman–Crippen MR) is 119 cm³/mol. The molecule has 0 aliphatic carbocycles. The Kier molecular flexibility index (Phi) is 7.18. The van der Waals surface area contributed by atoms with Gasteiger partial charge in [-0.05, 0) is 30.7 Å². The largest absolute Gasteiger partial charge is 0.330 e. The van der Waals surface area contributed by atoms with Gasteiger partial charge in [0.15, 0.2) is 10.1 Å². The smallest absolute Gasteiger partial charge is 0.247 e. The number of carbonyl (C=O) groups excluding carboxylic acids is 2. The molecule has 10 heteroatoms. The lowest BCUT2D eigenvalue weighted by Gasteiger charge is -2.20. The molecule has 0 aliphatic heterocycles. The number of nitrogens with one attached hydrogen (secondary N) is 1. The summed E-state index contributed by atoms with van der Waals surface area (Å²) in [6.45, 7) is 2.25. The van der Waals surface area contributed by atoms with Crippen molar-refractivity contribution in [1.82, 2.24) is 14.3 Å². The Balaban J connectivity index is 1.69. The van der Waals surface area contributed by atoms with E-state index in [1.807, 2.05) is 18.5 Å². The highest BCUT2D eigenvalue weighted by Gasteiger charge is 2.16. The quantitative estimate of drug-likeness (QED) is 0.479. The molecule has 152 valence electrons. The van der Waals surface area contributed by atoms with Gasteiger partial charge in [0.05, 0.1) is 16.4 Å². The molecule has 1 aromatic carbocycles. The number of hydrogen-bond donors (Lipinski definition) is 1. The standard InChI is InChI=1S/C19H17Cl3N4O2S/c1-2-7-25(11-16(27)23-14-4-3-12(20)10-13(14)21)17(28)6-5-15-18(22)24-19-26(15)8-9-29-19/h3-6,8-10H,2,7,11H2,1H3,(H,23,27)/b6-5+. The molecule has 1 N–H and O–H groups in total. The van der Waals surface area contributed by atoms with Crippen LogP contribution in [-0.2, 0) is 9.59 Å². The van der Waals surface area contributed by atoms with Crippen molar-refractivity contribution in [3.63, 3.8) is 0 Å². The van der Waals surface area contributed by atoms with Crippen LogP contribution >= 0.6 is 46.1 Å². The van der Waals surface area contributed by atoms with E-state index in [4.69, 9.17) is 34.8 Å². The lowest BCUT2D eigenvalue weighted by Crippen LogP contribution is -2.37. The second kappa shape index (κ2) is 9.63. The number of carbonyl (C=O) groups is 2.